The summed E-state index contributed by atoms with van der Waals surface area (Å²) in [7, 11) is 0. The molecule has 4 rings (SSSR count). The minimum absolute atomic E-state index is 0.355. The first-order chi connectivity index (χ1) is 11.8. The molecule has 0 amide bonds. The molecule has 0 saturated carbocycles. The molecular weight excluding hydrogens is 298 g/mol. The van der Waals surface area contributed by atoms with Crippen molar-refractivity contribution >= 4 is 5.76 Å². The van der Waals surface area contributed by atoms with Crippen LogP contribution in [0.4, 0.5) is 0 Å². The average Bonchev–Trinajstić information content (AvgIpc) is 2.65. The number of para-hydroxylation sites is 1. The molecule has 2 aromatic carbocycles. The van der Waals surface area contributed by atoms with Crippen LogP contribution < -0.4 is 4.74 Å². The van der Waals surface area contributed by atoms with Crippen LogP contribution >= 0.6 is 0 Å². The van der Waals surface area contributed by atoms with Crippen LogP contribution in [0, 0.1) is 0 Å². The predicted octanol–water partition coefficient (Wildman–Crippen LogP) is 3.93. The first-order valence-electron chi connectivity index (χ1n) is 8.68. The van der Waals surface area contributed by atoms with Crippen LogP contribution in [0.15, 0.2) is 60.2 Å². The smallest absolute Gasteiger partial charge is 0.135 e. The summed E-state index contributed by atoms with van der Waals surface area (Å²) in [4.78, 5) is 2.47. The number of hydrogen-bond donors (Lipinski definition) is 0. The third-order valence-corrected chi connectivity index (χ3v) is 4.95. The summed E-state index contributed by atoms with van der Waals surface area (Å²) < 4.78 is 11.9. The Morgan fingerprint density at radius 1 is 0.958 bits per heavy atom. The monoisotopic (exact) mass is 321 g/mol. The predicted molar refractivity (Wildman–Crippen MR) is 96.1 cm³/mol. The highest BCUT2D eigenvalue weighted by atomic mass is 16.5. The first kappa shape index (κ1) is 15.4. The van der Waals surface area contributed by atoms with Crippen LogP contribution in [0.2, 0.25) is 0 Å². The van der Waals surface area contributed by atoms with Gasteiger partial charge >= 0.3 is 0 Å². The third kappa shape index (κ3) is 2.97. The summed E-state index contributed by atoms with van der Waals surface area (Å²) in [6.45, 7) is 6.84. The summed E-state index contributed by atoms with van der Waals surface area (Å²) in [6.07, 6.45) is 0. The minimum atomic E-state index is 0.355. The van der Waals surface area contributed by atoms with E-state index in [9.17, 15) is 0 Å². The van der Waals surface area contributed by atoms with E-state index in [-0.39, 0.29) is 0 Å². The fourth-order valence-corrected chi connectivity index (χ4v) is 3.53. The molecule has 0 N–H and O–H groups in total. The van der Waals surface area contributed by atoms with Crippen molar-refractivity contribution in [1.82, 2.24) is 4.90 Å². The molecule has 0 radical (unpaired) electrons. The molecule has 3 heteroatoms. The third-order valence-electron chi connectivity index (χ3n) is 4.95. The van der Waals surface area contributed by atoms with Gasteiger partial charge in [0, 0.05) is 36.7 Å². The Morgan fingerprint density at radius 2 is 1.67 bits per heavy atom. The molecule has 2 aliphatic rings. The van der Waals surface area contributed by atoms with E-state index in [1.54, 1.807) is 0 Å². The first-order valence-corrected chi connectivity index (χ1v) is 8.68. The van der Waals surface area contributed by atoms with Gasteiger partial charge < -0.3 is 9.47 Å². The van der Waals surface area contributed by atoms with E-state index in [1.807, 2.05) is 12.1 Å². The van der Waals surface area contributed by atoms with E-state index < -0.39 is 0 Å². The van der Waals surface area contributed by atoms with Crippen molar-refractivity contribution in [2.45, 2.75) is 12.8 Å². The molecule has 2 aliphatic heterocycles. The summed E-state index contributed by atoms with van der Waals surface area (Å²) >= 11 is 0. The van der Waals surface area contributed by atoms with E-state index in [0.29, 0.717) is 5.92 Å². The van der Waals surface area contributed by atoms with Gasteiger partial charge in [0.05, 0.1) is 13.2 Å². The number of nitrogens with zero attached hydrogens (tertiary/aromatic N) is 1. The van der Waals surface area contributed by atoms with E-state index >= 15 is 0 Å². The normalized spacial score (nSPS) is 21.3. The molecular formula is C21H23NO2. The molecule has 1 atom stereocenters. The van der Waals surface area contributed by atoms with Crippen LogP contribution in [-0.2, 0) is 4.74 Å². The SMILES string of the molecule is C[C@@H]1C(CN2CCOCC2)=C(c2ccccc2)Oc2ccccc21. The minimum Gasteiger partial charge on any atom is -0.456 e. The molecule has 0 aromatic heterocycles. The number of morpholine rings is 1. The zero-order chi connectivity index (χ0) is 16.4. The van der Waals surface area contributed by atoms with Crippen LogP contribution in [0.3, 0.4) is 0 Å². The lowest BCUT2D eigenvalue weighted by atomic mass is 9.87. The summed E-state index contributed by atoms with van der Waals surface area (Å²) in [6, 6.07) is 18.9. The van der Waals surface area contributed by atoms with Crippen molar-refractivity contribution in [3.8, 4) is 5.75 Å². The van der Waals surface area contributed by atoms with Gasteiger partial charge in [0.2, 0.25) is 0 Å². The van der Waals surface area contributed by atoms with Gasteiger partial charge in [0.1, 0.15) is 11.5 Å². The lowest BCUT2D eigenvalue weighted by Gasteiger charge is -2.34. The molecule has 0 spiro atoms. The van der Waals surface area contributed by atoms with Crippen LogP contribution in [0.25, 0.3) is 5.76 Å². The van der Waals surface area contributed by atoms with Gasteiger partial charge in [-0.25, -0.2) is 0 Å². The molecule has 124 valence electrons. The maximum atomic E-state index is 6.36. The molecule has 2 aromatic rings. The van der Waals surface area contributed by atoms with Crippen molar-refractivity contribution < 1.29 is 9.47 Å². The molecule has 2 heterocycles. The number of ether oxygens (including phenoxy) is 2. The summed E-state index contributed by atoms with van der Waals surface area (Å²) in [5.74, 6) is 2.36. The van der Waals surface area contributed by atoms with Crippen molar-refractivity contribution in [2.75, 3.05) is 32.8 Å². The topological polar surface area (TPSA) is 21.7 Å². The maximum absolute atomic E-state index is 6.36. The fourth-order valence-electron chi connectivity index (χ4n) is 3.53. The number of rotatable bonds is 3. The lowest BCUT2D eigenvalue weighted by Crippen LogP contribution is -2.38. The highest BCUT2D eigenvalue weighted by Crippen LogP contribution is 2.42. The van der Waals surface area contributed by atoms with Crippen molar-refractivity contribution in [3.63, 3.8) is 0 Å². The maximum Gasteiger partial charge on any atom is 0.135 e. The Hall–Kier alpha value is -2.10. The Kier molecular flexibility index (Phi) is 4.37. The van der Waals surface area contributed by atoms with E-state index in [4.69, 9.17) is 9.47 Å². The van der Waals surface area contributed by atoms with Gasteiger partial charge in [0.15, 0.2) is 0 Å². The van der Waals surface area contributed by atoms with Crippen molar-refractivity contribution in [3.05, 3.63) is 71.3 Å². The zero-order valence-electron chi connectivity index (χ0n) is 14.1. The van der Waals surface area contributed by atoms with Crippen LogP contribution in [0.1, 0.15) is 24.0 Å². The van der Waals surface area contributed by atoms with Crippen LogP contribution in [-0.4, -0.2) is 37.7 Å². The standard InChI is InChI=1S/C21H23NO2/c1-16-18-9-5-6-10-20(18)24-21(17-7-3-2-4-8-17)19(16)15-22-11-13-23-14-12-22/h2-10,16H,11-15H2,1H3/t16-/m0/s1. The Labute approximate surface area is 143 Å². The van der Waals surface area contributed by atoms with E-state index in [2.05, 4.69) is 54.3 Å². The van der Waals surface area contributed by atoms with Crippen molar-refractivity contribution in [1.29, 1.82) is 0 Å². The molecule has 3 nitrogen and oxygen atoms in total. The second kappa shape index (κ2) is 6.80. The zero-order valence-corrected chi connectivity index (χ0v) is 14.1. The lowest BCUT2D eigenvalue weighted by molar-refractivity contribution is 0.0416. The van der Waals surface area contributed by atoms with Gasteiger partial charge in [-0.2, -0.15) is 0 Å². The molecule has 24 heavy (non-hydrogen) atoms. The summed E-state index contributed by atoms with van der Waals surface area (Å²) in [5.41, 5.74) is 3.80. The van der Waals surface area contributed by atoms with Gasteiger partial charge in [0.25, 0.3) is 0 Å². The largest absolute Gasteiger partial charge is 0.456 e. The highest BCUT2D eigenvalue weighted by molar-refractivity contribution is 5.70. The van der Waals surface area contributed by atoms with Crippen molar-refractivity contribution in [2.24, 2.45) is 0 Å². The molecule has 1 saturated heterocycles. The Balaban J connectivity index is 1.74. The number of fused-ring (bicyclic) bond motifs is 1. The molecule has 0 unspecified atom stereocenters. The highest BCUT2D eigenvalue weighted by Gasteiger charge is 2.28. The molecule has 0 aliphatic carbocycles. The summed E-state index contributed by atoms with van der Waals surface area (Å²) in [5, 5.41) is 0. The second-order valence-corrected chi connectivity index (χ2v) is 6.47. The fraction of sp³-hybridized carbons (Fsp3) is 0.333. The van der Waals surface area contributed by atoms with Gasteiger partial charge in [-0.05, 0) is 11.6 Å². The average molecular weight is 321 g/mol. The quantitative estimate of drug-likeness (QED) is 0.855. The van der Waals surface area contributed by atoms with E-state index in [1.165, 1.54) is 11.1 Å². The number of hydrogen-bond acceptors (Lipinski definition) is 3. The molecule has 0 bridgehead atoms. The van der Waals surface area contributed by atoms with Gasteiger partial charge in [-0.1, -0.05) is 55.5 Å². The van der Waals surface area contributed by atoms with Gasteiger partial charge in [-0.3, -0.25) is 4.90 Å². The van der Waals surface area contributed by atoms with Crippen LogP contribution in [0.5, 0.6) is 5.75 Å². The second-order valence-electron chi connectivity index (χ2n) is 6.47. The Bertz CT molecular complexity index is 733. The number of benzene rings is 2. The Morgan fingerprint density at radius 3 is 2.46 bits per heavy atom. The molecule has 1 fully saturated rings. The van der Waals surface area contributed by atoms with E-state index in [0.717, 1.165) is 49.9 Å². The van der Waals surface area contributed by atoms with Gasteiger partial charge in [-0.15, -0.1) is 0 Å².